The van der Waals surface area contributed by atoms with Gasteiger partial charge in [-0.1, -0.05) is 0 Å². The number of fused-ring (bicyclic) bond motifs is 2. The Kier molecular flexibility index (Phi) is 6.14. The summed E-state index contributed by atoms with van der Waals surface area (Å²) in [5.41, 5.74) is -3.53. The minimum Gasteiger partial charge on any atom is -0.372 e. The lowest BCUT2D eigenvalue weighted by atomic mass is 9.88. The van der Waals surface area contributed by atoms with Crippen LogP contribution >= 0.6 is 0 Å². The lowest BCUT2D eigenvalue weighted by molar-refractivity contribution is -0.143. The van der Waals surface area contributed by atoms with Crippen LogP contribution in [-0.2, 0) is 30.2 Å². The molecular formula is C20H22F7N5O. The first-order valence-corrected chi connectivity index (χ1v) is 10.4. The number of aryl methyl sites for hydroxylation is 1. The lowest BCUT2D eigenvalue weighted by Gasteiger charge is -2.39. The fourth-order valence-corrected chi connectivity index (χ4v) is 4.88. The Hall–Kier alpha value is -2.28. The number of hydrogen-bond donors (Lipinski definition) is 1. The van der Waals surface area contributed by atoms with Crippen LogP contribution in [0, 0.1) is 0 Å². The Morgan fingerprint density at radius 1 is 1.09 bits per heavy atom. The zero-order valence-electron chi connectivity index (χ0n) is 17.5. The summed E-state index contributed by atoms with van der Waals surface area (Å²) in [6.45, 7) is 0.895. The van der Waals surface area contributed by atoms with Gasteiger partial charge < -0.3 is 10.1 Å². The number of hydrogen-bond acceptors (Lipinski definition) is 5. The normalized spacial score (nSPS) is 27.8. The Balaban J connectivity index is 1.51. The summed E-state index contributed by atoms with van der Waals surface area (Å²) in [5.74, 6) is 0.428. The molecule has 0 radical (unpaired) electrons. The van der Waals surface area contributed by atoms with Crippen molar-refractivity contribution in [2.45, 2.75) is 75.3 Å². The third-order valence-corrected chi connectivity index (χ3v) is 6.38. The topological polar surface area (TPSA) is 64.9 Å². The zero-order valence-corrected chi connectivity index (χ0v) is 17.5. The molecule has 3 heterocycles. The molecule has 33 heavy (non-hydrogen) atoms. The highest BCUT2D eigenvalue weighted by molar-refractivity contribution is 5.33. The Morgan fingerprint density at radius 3 is 2.36 bits per heavy atom. The van der Waals surface area contributed by atoms with Crippen molar-refractivity contribution in [1.29, 1.82) is 0 Å². The van der Waals surface area contributed by atoms with E-state index in [0.717, 1.165) is 0 Å². The van der Waals surface area contributed by atoms with E-state index >= 15 is 0 Å². The molecule has 4 unspecified atom stereocenters. The fraction of sp³-hybridized carbons (Fsp3) is 0.650. The van der Waals surface area contributed by atoms with Crippen LogP contribution in [0.4, 0.5) is 30.7 Å². The number of halogens is 7. The number of ether oxygens (including phenoxy) is 1. The van der Waals surface area contributed by atoms with Crippen molar-refractivity contribution in [3.8, 4) is 0 Å². The van der Waals surface area contributed by atoms with Gasteiger partial charge in [0.25, 0.3) is 0 Å². The molecule has 2 bridgehead atoms. The molecule has 0 saturated carbocycles. The van der Waals surface area contributed by atoms with E-state index in [1.807, 2.05) is 6.92 Å². The smallest absolute Gasteiger partial charge is 0.372 e. The van der Waals surface area contributed by atoms with Gasteiger partial charge >= 0.3 is 12.4 Å². The van der Waals surface area contributed by atoms with Crippen LogP contribution in [0.25, 0.3) is 0 Å². The molecular weight excluding hydrogens is 459 g/mol. The number of aromatic nitrogens is 4. The maximum atomic E-state index is 13.1. The highest BCUT2D eigenvalue weighted by atomic mass is 19.4. The molecule has 0 amide bonds. The summed E-state index contributed by atoms with van der Waals surface area (Å²) in [6.07, 6.45) is -8.54. The van der Waals surface area contributed by atoms with Crippen molar-refractivity contribution in [3.63, 3.8) is 0 Å². The summed E-state index contributed by atoms with van der Waals surface area (Å²) in [7, 11) is 0. The maximum absolute atomic E-state index is 13.1. The average Bonchev–Trinajstić information content (AvgIpc) is 3.28. The number of alkyl halides is 7. The molecule has 2 fully saturated rings. The van der Waals surface area contributed by atoms with E-state index in [1.54, 1.807) is 0 Å². The molecule has 0 aliphatic carbocycles. The van der Waals surface area contributed by atoms with Crippen molar-refractivity contribution in [1.82, 2.24) is 25.5 Å². The van der Waals surface area contributed by atoms with Crippen molar-refractivity contribution in [3.05, 3.63) is 40.7 Å². The molecule has 13 heteroatoms. The molecule has 0 spiro atoms. The summed E-state index contributed by atoms with van der Waals surface area (Å²) < 4.78 is 98.8. The van der Waals surface area contributed by atoms with Crippen molar-refractivity contribution in [2.24, 2.45) is 0 Å². The monoisotopic (exact) mass is 481 g/mol. The van der Waals surface area contributed by atoms with E-state index in [1.165, 1.54) is 4.68 Å². The molecule has 6 nitrogen and oxygen atoms in total. The predicted octanol–water partition coefficient (Wildman–Crippen LogP) is 4.26. The summed E-state index contributed by atoms with van der Waals surface area (Å²) in [5, 5.41) is 14.9. The molecule has 4 rings (SSSR count). The van der Waals surface area contributed by atoms with E-state index in [4.69, 9.17) is 4.74 Å². The van der Waals surface area contributed by atoms with E-state index in [9.17, 15) is 30.7 Å². The number of rotatable bonds is 6. The van der Waals surface area contributed by atoms with Crippen LogP contribution < -0.4 is 5.32 Å². The van der Waals surface area contributed by atoms with Crippen LogP contribution in [0.5, 0.6) is 0 Å². The van der Waals surface area contributed by atoms with Gasteiger partial charge in [0.05, 0.1) is 30.4 Å². The fourth-order valence-electron chi connectivity index (χ4n) is 4.88. The zero-order chi connectivity index (χ0) is 24.0. The van der Waals surface area contributed by atoms with Gasteiger partial charge in [-0.3, -0.25) is 0 Å². The molecule has 2 saturated heterocycles. The Labute approximate surface area is 184 Å². The van der Waals surface area contributed by atoms with Crippen LogP contribution in [0.15, 0.2) is 18.2 Å². The Morgan fingerprint density at radius 2 is 1.76 bits per heavy atom. The molecule has 2 aliphatic heterocycles. The van der Waals surface area contributed by atoms with Crippen LogP contribution in [0.3, 0.4) is 0 Å². The van der Waals surface area contributed by atoms with Crippen LogP contribution in [0.2, 0.25) is 0 Å². The van der Waals surface area contributed by atoms with Gasteiger partial charge in [-0.2, -0.15) is 26.3 Å². The molecule has 182 valence electrons. The van der Waals surface area contributed by atoms with Crippen LogP contribution in [0.1, 0.15) is 54.6 Å². The highest BCUT2D eigenvalue weighted by Gasteiger charge is 2.52. The van der Waals surface area contributed by atoms with E-state index in [0.29, 0.717) is 37.2 Å². The second-order valence-corrected chi connectivity index (χ2v) is 8.72. The molecule has 4 atom stereocenters. The first-order chi connectivity index (χ1) is 15.4. The van der Waals surface area contributed by atoms with Crippen molar-refractivity contribution in [2.75, 3.05) is 6.67 Å². The van der Waals surface area contributed by atoms with Gasteiger partial charge in [-0.25, -0.2) is 9.07 Å². The number of nitrogens with one attached hydrogen (secondary N) is 1. The molecule has 1 aromatic heterocycles. The average molecular weight is 481 g/mol. The van der Waals surface area contributed by atoms with Gasteiger partial charge in [0, 0.05) is 17.5 Å². The SMILES string of the molecule is CC12CC(c3nnnn3CCF)C(CCC1OCc1cc(C(F)(F)F)cc(C(F)(F)F)c1)N2. The van der Waals surface area contributed by atoms with E-state index < -0.39 is 48.4 Å². The number of benzene rings is 1. The first-order valence-electron chi connectivity index (χ1n) is 10.4. The molecule has 1 aromatic carbocycles. The van der Waals surface area contributed by atoms with Crippen molar-refractivity contribution >= 4 is 0 Å². The number of nitrogens with zero attached hydrogens (tertiary/aromatic N) is 4. The quantitative estimate of drug-likeness (QED) is 0.625. The minimum absolute atomic E-state index is 0.00426. The van der Waals surface area contributed by atoms with Crippen LogP contribution in [-0.4, -0.2) is 44.6 Å². The maximum Gasteiger partial charge on any atom is 0.416 e. The van der Waals surface area contributed by atoms with Gasteiger partial charge in [-0.15, -0.1) is 5.10 Å². The number of tetrazole rings is 1. The standard InChI is InChI=1S/C20H22F7N5O/c1-18-9-14(17-29-30-31-32(17)5-4-21)15(28-18)2-3-16(18)33-10-11-6-12(19(22,23)24)8-13(7-11)20(25,26)27/h6-8,14-16,28H,2-5,9-10H2,1H3. The third kappa shape index (κ3) is 4.84. The van der Waals surface area contributed by atoms with E-state index in [-0.39, 0.29) is 30.1 Å². The predicted molar refractivity (Wildman–Crippen MR) is 101 cm³/mol. The lowest BCUT2D eigenvalue weighted by Crippen LogP contribution is -2.54. The van der Waals surface area contributed by atoms with Gasteiger partial charge in [0.1, 0.15) is 6.67 Å². The molecule has 1 N–H and O–H groups in total. The van der Waals surface area contributed by atoms with Crippen molar-refractivity contribution < 1.29 is 35.5 Å². The molecule has 2 aromatic rings. The summed E-state index contributed by atoms with van der Waals surface area (Å²) >= 11 is 0. The van der Waals surface area contributed by atoms with Gasteiger partial charge in [0.2, 0.25) is 0 Å². The van der Waals surface area contributed by atoms with Gasteiger partial charge in [0.15, 0.2) is 5.82 Å². The minimum atomic E-state index is -4.91. The first kappa shape index (κ1) is 23.9. The highest BCUT2D eigenvalue weighted by Crippen LogP contribution is 2.45. The largest absolute Gasteiger partial charge is 0.416 e. The summed E-state index contributed by atoms with van der Waals surface area (Å²) in [6, 6.07) is 1.46. The Bertz CT molecular complexity index is 960. The second kappa shape index (κ2) is 8.49. The van der Waals surface area contributed by atoms with Gasteiger partial charge in [-0.05, 0) is 60.4 Å². The summed E-state index contributed by atoms with van der Waals surface area (Å²) in [4.78, 5) is 0. The van der Waals surface area contributed by atoms with E-state index in [2.05, 4.69) is 20.8 Å². The number of piperidine rings is 1. The molecule has 2 aliphatic rings. The second-order valence-electron chi connectivity index (χ2n) is 8.72. The third-order valence-electron chi connectivity index (χ3n) is 6.38.